The van der Waals surface area contributed by atoms with Gasteiger partial charge >= 0.3 is 0 Å². The second-order valence-electron chi connectivity index (χ2n) is 4.85. The fourth-order valence-corrected chi connectivity index (χ4v) is 2.33. The van der Waals surface area contributed by atoms with Crippen LogP contribution in [0, 0.1) is 0 Å². The lowest BCUT2D eigenvalue weighted by molar-refractivity contribution is 0.0755. The van der Waals surface area contributed by atoms with Crippen LogP contribution in [-0.2, 0) is 0 Å². The molecule has 0 radical (unpaired) electrons. The average Bonchev–Trinajstić information content (AvgIpc) is 2.47. The summed E-state index contributed by atoms with van der Waals surface area (Å²) in [7, 11) is 0. The largest absolute Gasteiger partial charge is 0.363 e. The van der Waals surface area contributed by atoms with Gasteiger partial charge in [0, 0.05) is 30.9 Å². The monoisotopic (exact) mass is 307 g/mol. The first-order valence-electron chi connectivity index (χ1n) is 7.56. The first-order valence-corrected chi connectivity index (χ1v) is 7.97. The zero-order valence-electron chi connectivity index (χ0n) is 13.1. The van der Waals surface area contributed by atoms with Crippen molar-refractivity contribution >= 4 is 28.9 Å². The van der Waals surface area contributed by atoms with Crippen molar-refractivity contribution in [3.63, 3.8) is 0 Å². The molecule has 0 heterocycles. The summed E-state index contributed by atoms with van der Waals surface area (Å²) in [4.78, 5) is 14.3. The van der Waals surface area contributed by atoms with E-state index in [1.807, 2.05) is 36.1 Å². The Morgan fingerprint density at radius 1 is 1.10 bits per heavy atom. The highest BCUT2D eigenvalue weighted by atomic mass is 32.1. The molecule has 0 saturated carbocycles. The number of benzene rings is 1. The molecule has 1 rings (SSSR count). The number of rotatable bonds is 7. The molecule has 0 aromatic heterocycles. The number of thiocarbonyl (C=S) groups is 1. The molecule has 21 heavy (non-hydrogen) atoms. The number of hydrogen-bond acceptors (Lipinski definition) is 2. The van der Waals surface area contributed by atoms with Crippen molar-refractivity contribution in [1.82, 2.24) is 10.2 Å². The third kappa shape index (κ3) is 5.71. The van der Waals surface area contributed by atoms with Gasteiger partial charge in [0.25, 0.3) is 5.91 Å². The standard InChI is InChI=1S/C16H25N3OS/c1-4-11-19(12-5-2)15(20)13-7-9-14(10-8-13)18-16(21)17-6-3/h7-10H,4-6,11-12H2,1-3H3,(H2,17,18,21). The number of hydrogen-bond donors (Lipinski definition) is 2. The predicted octanol–water partition coefficient (Wildman–Crippen LogP) is 3.26. The Hall–Kier alpha value is -1.62. The van der Waals surface area contributed by atoms with Gasteiger partial charge in [-0.2, -0.15) is 0 Å². The third-order valence-corrected chi connectivity index (χ3v) is 3.25. The normalized spacial score (nSPS) is 10.0. The van der Waals surface area contributed by atoms with E-state index in [9.17, 15) is 4.79 Å². The fraction of sp³-hybridized carbons (Fsp3) is 0.500. The molecule has 0 spiro atoms. The minimum Gasteiger partial charge on any atom is -0.363 e. The molecule has 0 aliphatic rings. The molecule has 2 N–H and O–H groups in total. The number of carbonyl (C=O) groups excluding carboxylic acids is 1. The summed E-state index contributed by atoms with van der Waals surface area (Å²) >= 11 is 5.13. The molecule has 1 aromatic rings. The van der Waals surface area contributed by atoms with Crippen LogP contribution in [0.5, 0.6) is 0 Å². The van der Waals surface area contributed by atoms with Gasteiger partial charge in [-0.15, -0.1) is 0 Å². The molecule has 4 nitrogen and oxygen atoms in total. The third-order valence-electron chi connectivity index (χ3n) is 3.00. The van der Waals surface area contributed by atoms with Crippen LogP contribution >= 0.6 is 12.2 Å². The smallest absolute Gasteiger partial charge is 0.253 e. The van der Waals surface area contributed by atoms with Gasteiger partial charge in [0.15, 0.2) is 5.11 Å². The van der Waals surface area contributed by atoms with Gasteiger partial charge in [0.1, 0.15) is 0 Å². The lowest BCUT2D eigenvalue weighted by Gasteiger charge is -2.21. The maximum absolute atomic E-state index is 12.4. The van der Waals surface area contributed by atoms with Crippen LogP contribution in [0.15, 0.2) is 24.3 Å². The van der Waals surface area contributed by atoms with Crippen molar-refractivity contribution in [2.75, 3.05) is 25.0 Å². The van der Waals surface area contributed by atoms with Crippen LogP contribution in [0.4, 0.5) is 5.69 Å². The van der Waals surface area contributed by atoms with Crippen LogP contribution in [0.1, 0.15) is 44.0 Å². The molecular weight excluding hydrogens is 282 g/mol. The van der Waals surface area contributed by atoms with Crippen LogP contribution < -0.4 is 10.6 Å². The van der Waals surface area contributed by atoms with E-state index in [4.69, 9.17) is 12.2 Å². The number of carbonyl (C=O) groups is 1. The van der Waals surface area contributed by atoms with Gasteiger partial charge in [-0.3, -0.25) is 4.79 Å². The molecule has 0 atom stereocenters. The lowest BCUT2D eigenvalue weighted by atomic mass is 10.1. The Morgan fingerprint density at radius 3 is 2.14 bits per heavy atom. The molecule has 116 valence electrons. The molecule has 0 unspecified atom stereocenters. The Morgan fingerprint density at radius 2 is 1.67 bits per heavy atom. The number of amides is 1. The first-order chi connectivity index (χ1) is 10.1. The molecule has 1 aromatic carbocycles. The summed E-state index contributed by atoms with van der Waals surface area (Å²) in [6.07, 6.45) is 1.95. The maximum atomic E-state index is 12.4. The lowest BCUT2D eigenvalue weighted by Crippen LogP contribution is -2.32. The summed E-state index contributed by atoms with van der Waals surface area (Å²) in [5.41, 5.74) is 1.60. The Bertz CT molecular complexity index is 453. The molecule has 1 amide bonds. The fourth-order valence-electron chi connectivity index (χ4n) is 2.07. The van der Waals surface area contributed by atoms with Crippen molar-refractivity contribution < 1.29 is 4.79 Å². The van der Waals surface area contributed by atoms with E-state index in [0.29, 0.717) is 5.11 Å². The molecule has 0 saturated heterocycles. The van der Waals surface area contributed by atoms with Crippen LogP contribution in [0.3, 0.4) is 0 Å². The second kappa shape index (κ2) is 9.34. The molecule has 0 bridgehead atoms. The van der Waals surface area contributed by atoms with E-state index in [2.05, 4.69) is 24.5 Å². The van der Waals surface area contributed by atoms with Crippen LogP contribution in [0.25, 0.3) is 0 Å². The number of nitrogens with one attached hydrogen (secondary N) is 2. The second-order valence-corrected chi connectivity index (χ2v) is 5.26. The van der Waals surface area contributed by atoms with Crippen molar-refractivity contribution in [1.29, 1.82) is 0 Å². The molecule has 5 heteroatoms. The van der Waals surface area contributed by atoms with E-state index in [-0.39, 0.29) is 5.91 Å². The Labute approximate surface area is 132 Å². The minimum absolute atomic E-state index is 0.0968. The predicted molar refractivity (Wildman–Crippen MR) is 92.8 cm³/mol. The van der Waals surface area contributed by atoms with Crippen LogP contribution in [0.2, 0.25) is 0 Å². The van der Waals surface area contributed by atoms with E-state index in [1.54, 1.807) is 0 Å². The topological polar surface area (TPSA) is 44.4 Å². The van der Waals surface area contributed by atoms with Gasteiger partial charge in [-0.25, -0.2) is 0 Å². The van der Waals surface area contributed by atoms with Gasteiger partial charge in [-0.05, 0) is 56.2 Å². The van der Waals surface area contributed by atoms with Gasteiger partial charge in [0.05, 0.1) is 0 Å². The molecule has 0 fully saturated rings. The van der Waals surface area contributed by atoms with E-state index >= 15 is 0 Å². The summed E-state index contributed by atoms with van der Waals surface area (Å²) in [5, 5.41) is 6.70. The SMILES string of the molecule is CCCN(CCC)C(=O)c1ccc(NC(=S)NCC)cc1. The first kappa shape index (κ1) is 17.4. The maximum Gasteiger partial charge on any atom is 0.253 e. The Balaban J connectivity index is 2.71. The minimum atomic E-state index is 0.0968. The molecule has 0 aliphatic carbocycles. The Kier molecular flexibility index (Phi) is 7.75. The van der Waals surface area contributed by atoms with Gasteiger partial charge < -0.3 is 15.5 Å². The summed E-state index contributed by atoms with van der Waals surface area (Å²) in [6, 6.07) is 7.45. The number of nitrogens with zero attached hydrogens (tertiary/aromatic N) is 1. The molecular formula is C16H25N3OS. The van der Waals surface area contributed by atoms with E-state index in [1.165, 1.54) is 0 Å². The zero-order valence-corrected chi connectivity index (χ0v) is 13.9. The van der Waals surface area contributed by atoms with Crippen LogP contribution in [-0.4, -0.2) is 35.6 Å². The van der Waals surface area contributed by atoms with Crippen molar-refractivity contribution in [2.45, 2.75) is 33.6 Å². The summed E-state index contributed by atoms with van der Waals surface area (Å²) in [6.45, 7) is 8.56. The number of anilines is 1. The quantitative estimate of drug-likeness (QED) is 0.759. The molecule has 0 aliphatic heterocycles. The highest BCUT2D eigenvalue weighted by molar-refractivity contribution is 7.80. The van der Waals surface area contributed by atoms with Crippen molar-refractivity contribution in [3.05, 3.63) is 29.8 Å². The van der Waals surface area contributed by atoms with Gasteiger partial charge in [0.2, 0.25) is 0 Å². The van der Waals surface area contributed by atoms with Gasteiger partial charge in [-0.1, -0.05) is 13.8 Å². The highest BCUT2D eigenvalue weighted by Crippen LogP contribution is 2.12. The highest BCUT2D eigenvalue weighted by Gasteiger charge is 2.13. The average molecular weight is 307 g/mol. The van der Waals surface area contributed by atoms with Crippen molar-refractivity contribution in [3.8, 4) is 0 Å². The summed E-state index contributed by atoms with van der Waals surface area (Å²) in [5.74, 6) is 0.0968. The zero-order chi connectivity index (χ0) is 15.7. The van der Waals surface area contributed by atoms with E-state index in [0.717, 1.165) is 43.7 Å². The summed E-state index contributed by atoms with van der Waals surface area (Å²) < 4.78 is 0. The van der Waals surface area contributed by atoms with E-state index < -0.39 is 0 Å². The van der Waals surface area contributed by atoms with Crippen molar-refractivity contribution in [2.24, 2.45) is 0 Å².